The van der Waals surface area contributed by atoms with E-state index < -0.39 is 26.6 Å². The molecule has 1 aliphatic heterocycles. The van der Waals surface area contributed by atoms with Gasteiger partial charge in [-0.25, -0.2) is 8.42 Å². The van der Waals surface area contributed by atoms with E-state index in [4.69, 9.17) is 4.74 Å². The van der Waals surface area contributed by atoms with Crippen molar-refractivity contribution in [1.29, 1.82) is 0 Å². The Morgan fingerprint density at radius 2 is 1.75 bits per heavy atom. The Labute approximate surface area is 96.6 Å². The number of amides is 1. The Morgan fingerprint density at radius 3 is 2.19 bits per heavy atom. The number of hydrogen-bond donors (Lipinski definition) is 1. The molecule has 1 amide bonds. The van der Waals surface area contributed by atoms with Crippen molar-refractivity contribution in [1.82, 2.24) is 4.72 Å². The molecule has 6 heteroatoms. The highest BCUT2D eigenvalue weighted by Gasteiger charge is 2.32. The van der Waals surface area contributed by atoms with Gasteiger partial charge in [0.1, 0.15) is 0 Å². The number of carbonyl (C=O) groups is 1. The maximum atomic E-state index is 11.9. The van der Waals surface area contributed by atoms with Gasteiger partial charge in [0.25, 0.3) is 0 Å². The first-order chi connectivity index (χ1) is 7.23. The van der Waals surface area contributed by atoms with Gasteiger partial charge in [-0.15, -0.1) is 0 Å². The minimum atomic E-state index is -3.55. The average molecular weight is 249 g/mol. The summed E-state index contributed by atoms with van der Waals surface area (Å²) in [4.78, 5) is 11.6. The van der Waals surface area contributed by atoms with Crippen molar-refractivity contribution in [3.8, 4) is 0 Å². The second-order valence-corrected chi connectivity index (χ2v) is 7.00. The third kappa shape index (κ3) is 3.45. The average Bonchev–Trinajstić information content (AvgIpc) is 2.17. The van der Waals surface area contributed by atoms with Gasteiger partial charge in [0.15, 0.2) is 0 Å². The lowest BCUT2D eigenvalue weighted by Gasteiger charge is -2.24. The Bertz CT molecular complexity index is 350. The van der Waals surface area contributed by atoms with Crippen molar-refractivity contribution < 1.29 is 17.9 Å². The topological polar surface area (TPSA) is 72.5 Å². The number of nitrogens with one attached hydrogen (secondary N) is 1. The zero-order chi connectivity index (χ0) is 12.4. The van der Waals surface area contributed by atoms with Gasteiger partial charge < -0.3 is 4.74 Å². The van der Waals surface area contributed by atoms with Gasteiger partial charge in [0.2, 0.25) is 15.9 Å². The van der Waals surface area contributed by atoms with Crippen LogP contribution in [-0.4, -0.2) is 32.8 Å². The highest BCUT2D eigenvalue weighted by Crippen LogP contribution is 2.18. The third-order valence-corrected chi connectivity index (χ3v) is 4.34. The third-order valence-electron chi connectivity index (χ3n) is 2.52. The molecule has 0 aromatic rings. The van der Waals surface area contributed by atoms with E-state index in [1.807, 2.05) is 0 Å². The molecule has 94 valence electrons. The predicted molar refractivity (Wildman–Crippen MR) is 60.4 cm³/mol. The van der Waals surface area contributed by atoms with Gasteiger partial charge in [0.05, 0.1) is 5.25 Å². The van der Waals surface area contributed by atoms with E-state index in [-0.39, 0.29) is 0 Å². The summed E-state index contributed by atoms with van der Waals surface area (Å²) in [6.07, 6.45) is 0.902. The van der Waals surface area contributed by atoms with Crippen LogP contribution in [0.15, 0.2) is 0 Å². The number of hydrogen-bond acceptors (Lipinski definition) is 4. The monoisotopic (exact) mass is 249 g/mol. The minimum absolute atomic E-state index is 0.440. The SMILES string of the molecule is CC(C)(C)C(=O)NS(=O)(=O)C1CCOCC1. The first kappa shape index (κ1) is 13.4. The zero-order valence-electron chi connectivity index (χ0n) is 9.95. The molecule has 0 spiro atoms. The van der Waals surface area contributed by atoms with Crippen LogP contribution in [0.4, 0.5) is 0 Å². The zero-order valence-corrected chi connectivity index (χ0v) is 10.8. The Morgan fingerprint density at radius 1 is 1.25 bits per heavy atom. The van der Waals surface area contributed by atoms with E-state index in [0.29, 0.717) is 26.1 Å². The van der Waals surface area contributed by atoms with Crippen molar-refractivity contribution >= 4 is 15.9 Å². The van der Waals surface area contributed by atoms with E-state index in [1.54, 1.807) is 20.8 Å². The van der Waals surface area contributed by atoms with Gasteiger partial charge >= 0.3 is 0 Å². The molecular formula is C10H19NO4S. The molecule has 0 bridgehead atoms. The molecule has 0 saturated carbocycles. The van der Waals surface area contributed by atoms with Crippen LogP contribution in [-0.2, 0) is 19.6 Å². The molecule has 0 atom stereocenters. The maximum Gasteiger partial charge on any atom is 0.238 e. The number of rotatable bonds is 2. The smallest absolute Gasteiger partial charge is 0.238 e. The first-order valence-corrected chi connectivity index (χ1v) is 6.92. The lowest BCUT2D eigenvalue weighted by molar-refractivity contribution is -0.126. The van der Waals surface area contributed by atoms with Gasteiger partial charge in [-0.2, -0.15) is 0 Å². The summed E-state index contributed by atoms with van der Waals surface area (Å²) in [7, 11) is -3.55. The van der Waals surface area contributed by atoms with Crippen molar-refractivity contribution in [3.05, 3.63) is 0 Å². The minimum Gasteiger partial charge on any atom is -0.381 e. The fourth-order valence-electron chi connectivity index (χ4n) is 1.35. The van der Waals surface area contributed by atoms with Gasteiger partial charge in [0, 0.05) is 18.6 Å². The summed E-state index contributed by atoms with van der Waals surface area (Å²) < 4.78 is 30.9. The Balaban J connectivity index is 2.68. The van der Waals surface area contributed by atoms with Crippen molar-refractivity contribution in [2.45, 2.75) is 38.9 Å². The van der Waals surface area contributed by atoms with Gasteiger partial charge in [-0.1, -0.05) is 20.8 Å². The Kier molecular flexibility index (Phi) is 3.96. The largest absolute Gasteiger partial charge is 0.381 e. The molecule has 1 N–H and O–H groups in total. The molecule has 1 fully saturated rings. The second kappa shape index (κ2) is 4.71. The summed E-state index contributed by atoms with van der Waals surface area (Å²) in [5.41, 5.74) is -0.696. The molecular weight excluding hydrogens is 230 g/mol. The van der Waals surface area contributed by atoms with Crippen molar-refractivity contribution in [2.75, 3.05) is 13.2 Å². The highest BCUT2D eigenvalue weighted by molar-refractivity contribution is 7.90. The standard InChI is InChI=1S/C10H19NO4S/c1-10(2,3)9(12)11-16(13,14)8-4-6-15-7-5-8/h8H,4-7H2,1-3H3,(H,11,12). The first-order valence-electron chi connectivity index (χ1n) is 5.37. The van der Waals surface area contributed by atoms with E-state index in [2.05, 4.69) is 4.72 Å². The van der Waals surface area contributed by atoms with E-state index in [9.17, 15) is 13.2 Å². The quantitative estimate of drug-likeness (QED) is 0.780. The summed E-state index contributed by atoms with van der Waals surface area (Å²) in [6, 6.07) is 0. The lowest BCUT2D eigenvalue weighted by Crippen LogP contribution is -2.45. The number of sulfonamides is 1. The van der Waals surface area contributed by atoms with Gasteiger partial charge in [-0.3, -0.25) is 9.52 Å². The molecule has 0 aliphatic carbocycles. The lowest BCUT2D eigenvalue weighted by atomic mass is 9.96. The summed E-state index contributed by atoms with van der Waals surface area (Å²) in [5.74, 6) is -0.459. The molecule has 1 aliphatic rings. The number of carbonyl (C=O) groups excluding carboxylic acids is 1. The fraction of sp³-hybridized carbons (Fsp3) is 0.900. The summed E-state index contributed by atoms with van der Waals surface area (Å²) in [6.45, 7) is 5.93. The van der Waals surface area contributed by atoms with E-state index in [0.717, 1.165) is 0 Å². The van der Waals surface area contributed by atoms with Crippen LogP contribution >= 0.6 is 0 Å². The van der Waals surface area contributed by atoms with Crippen LogP contribution in [0.3, 0.4) is 0 Å². The molecule has 5 nitrogen and oxygen atoms in total. The van der Waals surface area contributed by atoms with Crippen LogP contribution < -0.4 is 4.72 Å². The molecule has 1 saturated heterocycles. The van der Waals surface area contributed by atoms with Crippen LogP contribution in [0.5, 0.6) is 0 Å². The highest BCUT2D eigenvalue weighted by atomic mass is 32.2. The van der Waals surface area contributed by atoms with Crippen LogP contribution in [0.1, 0.15) is 33.6 Å². The molecule has 0 aromatic heterocycles. The maximum absolute atomic E-state index is 11.9. The Hall–Kier alpha value is -0.620. The molecule has 1 heterocycles. The van der Waals surface area contributed by atoms with Crippen LogP contribution in [0, 0.1) is 5.41 Å². The fourth-order valence-corrected chi connectivity index (χ4v) is 2.90. The summed E-state index contributed by atoms with van der Waals surface area (Å²) >= 11 is 0. The molecule has 1 rings (SSSR count). The van der Waals surface area contributed by atoms with Crippen molar-refractivity contribution in [2.24, 2.45) is 5.41 Å². The summed E-state index contributed by atoms with van der Waals surface area (Å²) in [5, 5.41) is -0.507. The van der Waals surface area contributed by atoms with E-state index in [1.165, 1.54) is 0 Å². The molecule has 0 radical (unpaired) electrons. The second-order valence-electron chi connectivity index (χ2n) is 5.04. The normalized spacial score (nSPS) is 19.4. The predicted octanol–water partition coefficient (Wildman–Crippen LogP) is 0.658. The number of ether oxygens (including phenoxy) is 1. The van der Waals surface area contributed by atoms with Crippen LogP contribution in [0.25, 0.3) is 0 Å². The molecule has 0 unspecified atom stereocenters. The van der Waals surface area contributed by atoms with Crippen LogP contribution in [0.2, 0.25) is 0 Å². The molecule has 0 aromatic carbocycles. The molecule has 16 heavy (non-hydrogen) atoms. The van der Waals surface area contributed by atoms with Crippen molar-refractivity contribution in [3.63, 3.8) is 0 Å². The van der Waals surface area contributed by atoms with E-state index >= 15 is 0 Å². The van der Waals surface area contributed by atoms with Gasteiger partial charge in [-0.05, 0) is 12.8 Å².